The van der Waals surface area contributed by atoms with E-state index in [2.05, 4.69) is 0 Å². The van der Waals surface area contributed by atoms with Gasteiger partial charge in [-0.3, -0.25) is 19.7 Å². The van der Waals surface area contributed by atoms with Gasteiger partial charge >= 0.3 is 5.97 Å². The molecular formula is C24H21N3O6S. The van der Waals surface area contributed by atoms with E-state index in [1.54, 1.807) is 52.7 Å². The molecule has 9 nitrogen and oxygen atoms in total. The van der Waals surface area contributed by atoms with Gasteiger partial charge in [0.1, 0.15) is 0 Å². The van der Waals surface area contributed by atoms with Crippen molar-refractivity contribution in [3.8, 4) is 0 Å². The summed E-state index contributed by atoms with van der Waals surface area (Å²) in [5, 5.41) is 12.6. The predicted octanol–water partition coefficient (Wildman–Crippen LogP) is 3.39. The number of rotatable bonds is 7. The number of hydrogen-bond acceptors (Lipinski definition) is 8. The Morgan fingerprint density at radius 1 is 0.912 bits per heavy atom. The molecule has 1 amide bonds. The molecule has 174 valence electrons. The summed E-state index contributed by atoms with van der Waals surface area (Å²) in [5.74, 6) is -1.31. The average molecular weight is 480 g/mol. The molecule has 1 aromatic heterocycles. The molecule has 3 aromatic rings. The number of nitrogens with zero attached hydrogens (tertiary/aromatic N) is 3. The predicted molar refractivity (Wildman–Crippen MR) is 126 cm³/mol. The van der Waals surface area contributed by atoms with Gasteiger partial charge in [0, 0.05) is 49.6 Å². The second-order valence-corrected chi connectivity index (χ2v) is 8.52. The van der Waals surface area contributed by atoms with Crippen molar-refractivity contribution in [3.63, 3.8) is 0 Å². The number of carbonyl (C=O) groups excluding carboxylic acids is 3. The van der Waals surface area contributed by atoms with Crippen LogP contribution in [0.1, 0.15) is 25.6 Å². The lowest BCUT2D eigenvalue weighted by molar-refractivity contribution is -0.384. The Morgan fingerprint density at radius 3 is 2.21 bits per heavy atom. The Hall–Kier alpha value is -4.05. The van der Waals surface area contributed by atoms with E-state index in [0.717, 1.165) is 5.69 Å². The summed E-state index contributed by atoms with van der Waals surface area (Å²) in [6.07, 6.45) is 0. The van der Waals surface area contributed by atoms with Crippen LogP contribution in [-0.4, -0.2) is 60.3 Å². The van der Waals surface area contributed by atoms with E-state index in [1.165, 1.54) is 29.5 Å². The van der Waals surface area contributed by atoms with E-state index in [0.29, 0.717) is 31.1 Å². The Bertz CT molecular complexity index is 1200. The maximum atomic E-state index is 12.7. The fourth-order valence-electron chi connectivity index (χ4n) is 3.70. The number of ketones is 1. The van der Waals surface area contributed by atoms with Gasteiger partial charge < -0.3 is 14.5 Å². The highest BCUT2D eigenvalue weighted by Gasteiger charge is 2.24. The molecule has 0 bridgehead atoms. The van der Waals surface area contributed by atoms with Crippen LogP contribution in [0.15, 0.2) is 66.0 Å². The Balaban J connectivity index is 1.31. The van der Waals surface area contributed by atoms with Crippen LogP contribution in [-0.2, 0) is 9.53 Å². The van der Waals surface area contributed by atoms with Gasteiger partial charge in [0.2, 0.25) is 5.78 Å². The van der Waals surface area contributed by atoms with Crippen molar-refractivity contribution in [2.45, 2.75) is 0 Å². The first-order valence-corrected chi connectivity index (χ1v) is 11.4. The van der Waals surface area contributed by atoms with Crippen molar-refractivity contribution in [2.75, 3.05) is 37.7 Å². The number of thiophene rings is 1. The summed E-state index contributed by atoms with van der Waals surface area (Å²) in [5.41, 5.74) is 1.23. The molecule has 0 aliphatic carbocycles. The van der Waals surface area contributed by atoms with E-state index >= 15 is 0 Å². The SMILES string of the molecule is O=C(OCC(=O)N1CCN(c2ccc([N+](=O)[O-])cc2)CC1)c1ccccc1C(=O)c1cccs1. The minimum atomic E-state index is -0.724. The van der Waals surface area contributed by atoms with E-state index in [9.17, 15) is 24.5 Å². The standard InChI is InChI=1S/C24H21N3O6S/c28-22(26-13-11-25(12-14-26)17-7-9-18(10-8-17)27(31)32)16-33-24(30)20-5-2-1-4-19(20)23(29)21-6-3-15-34-21/h1-10,15H,11-14,16H2. The lowest BCUT2D eigenvalue weighted by Gasteiger charge is -2.36. The average Bonchev–Trinajstić information content (AvgIpc) is 3.42. The number of amides is 1. The van der Waals surface area contributed by atoms with Crippen molar-refractivity contribution in [3.05, 3.63) is 92.2 Å². The second kappa shape index (κ2) is 10.3. The number of hydrogen-bond donors (Lipinski definition) is 0. The van der Waals surface area contributed by atoms with Crippen molar-refractivity contribution in [1.82, 2.24) is 4.90 Å². The quantitative estimate of drug-likeness (QED) is 0.221. The smallest absolute Gasteiger partial charge is 0.339 e. The molecule has 1 aliphatic heterocycles. The van der Waals surface area contributed by atoms with E-state index in [-0.39, 0.29) is 28.5 Å². The van der Waals surface area contributed by atoms with Crippen LogP contribution in [0.3, 0.4) is 0 Å². The molecule has 1 aliphatic rings. The van der Waals surface area contributed by atoms with Gasteiger partial charge in [0.25, 0.3) is 11.6 Å². The zero-order chi connectivity index (χ0) is 24.1. The second-order valence-electron chi connectivity index (χ2n) is 7.57. The van der Waals surface area contributed by atoms with Gasteiger partial charge in [0.15, 0.2) is 6.61 Å². The van der Waals surface area contributed by atoms with Crippen molar-refractivity contribution < 1.29 is 24.0 Å². The van der Waals surface area contributed by atoms with E-state index < -0.39 is 17.5 Å². The first-order valence-electron chi connectivity index (χ1n) is 10.6. The molecule has 0 spiro atoms. The highest BCUT2D eigenvalue weighted by Crippen LogP contribution is 2.21. The van der Waals surface area contributed by atoms with Crippen LogP contribution >= 0.6 is 11.3 Å². The van der Waals surface area contributed by atoms with Crippen LogP contribution in [0.4, 0.5) is 11.4 Å². The lowest BCUT2D eigenvalue weighted by atomic mass is 10.0. The number of piperazine rings is 1. The normalized spacial score (nSPS) is 13.4. The Labute approximate surface area is 199 Å². The van der Waals surface area contributed by atoms with Crippen LogP contribution in [0.25, 0.3) is 0 Å². The number of esters is 1. The minimum absolute atomic E-state index is 0.0260. The van der Waals surface area contributed by atoms with Crippen LogP contribution in [0.2, 0.25) is 0 Å². The van der Waals surface area contributed by atoms with Gasteiger partial charge in [-0.15, -0.1) is 11.3 Å². The van der Waals surface area contributed by atoms with Gasteiger partial charge in [0.05, 0.1) is 15.4 Å². The highest BCUT2D eigenvalue weighted by molar-refractivity contribution is 7.12. The molecule has 34 heavy (non-hydrogen) atoms. The maximum absolute atomic E-state index is 12.7. The molecule has 0 atom stereocenters. The Morgan fingerprint density at radius 2 is 1.59 bits per heavy atom. The topological polar surface area (TPSA) is 110 Å². The fourth-order valence-corrected chi connectivity index (χ4v) is 4.37. The van der Waals surface area contributed by atoms with Gasteiger partial charge in [-0.05, 0) is 29.6 Å². The van der Waals surface area contributed by atoms with Crippen molar-refractivity contribution >= 4 is 40.4 Å². The molecule has 2 heterocycles. The number of nitro groups is 1. The molecule has 1 saturated heterocycles. The number of non-ortho nitro benzene ring substituents is 1. The number of carbonyl (C=O) groups is 3. The molecule has 2 aromatic carbocycles. The number of ether oxygens (including phenoxy) is 1. The van der Waals surface area contributed by atoms with E-state index in [4.69, 9.17) is 4.74 Å². The molecule has 0 radical (unpaired) electrons. The summed E-state index contributed by atoms with van der Waals surface area (Å²) < 4.78 is 5.24. The van der Waals surface area contributed by atoms with Gasteiger partial charge in [-0.2, -0.15) is 0 Å². The minimum Gasteiger partial charge on any atom is -0.452 e. The fraction of sp³-hybridized carbons (Fsp3) is 0.208. The zero-order valence-electron chi connectivity index (χ0n) is 18.1. The molecular weight excluding hydrogens is 458 g/mol. The molecule has 10 heteroatoms. The number of anilines is 1. The maximum Gasteiger partial charge on any atom is 0.339 e. The third-order valence-electron chi connectivity index (χ3n) is 5.52. The monoisotopic (exact) mass is 479 g/mol. The summed E-state index contributed by atoms with van der Waals surface area (Å²) in [6, 6.07) is 16.1. The summed E-state index contributed by atoms with van der Waals surface area (Å²) in [4.78, 5) is 52.5. The van der Waals surface area contributed by atoms with Crippen molar-refractivity contribution in [2.24, 2.45) is 0 Å². The number of benzene rings is 2. The number of nitro benzene ring substituents is 1. The molecule has 0 unspecified atom stereocenters. The first kappa shape index (κ1) is 23.1. The largest absolute Gasteiger partial charge is 0.452 e. The first-order chi connectivity index (χ1) is 16.4. The third kappa shape index (κ3) is 5.12. The van der Waals surface area contributed by atoms with Crippen LogP contribution in [0, 0.1) is 10.1 Å². The van der Waals surface area contributed by atoms with Gasteiger partial charge in [-0.1, -0.05) is 24.3 Å². The van der Waals surface area contributed by atoms with Crippen LogP contribution < -0.4 is 4.90 Å². The van der Waals surface area contributed by atoms with E-state index in [1.807, 2.05) is 4.90 Å². The zero-order valence-corrected chi connectivity index (χ0v) is 18.9. The summed E-state index contributed by atoms with van der Waals surface area (Å²) in [7, 11) is 0. The summed E-state index contributed by atoms with van der Waals surface area (Å²) in [6.45, 7) is 1.55. The molecule has 0 N–H and O–H groups in total. The van der Waals surface area contributed by atoms with Crippen LogP contribution in [0.5, 0.6) is 0 Å². The summed E-state index contributed by atoms with van der Waals surface area (Å²) >= 11 is 1.29. The Kier molecular flexibility index (Phi) is 6.98. The molecule has 4 rings (SSSR count). The lowest BCUT2D eigenvalue weighted by Crippen LogP contribution is -2.49. The van der Waals surface area contributed by atoms with Gasteiger partial charge in [-0.25, -0.2) is 4.79 Å². The molecule has 1 fully saturated rings. The highest BCUT2D eigenvalue weighted by atomic mass is 32.1. The van der Waals surface area contributed by atoms with Crippen molar-refractivity contribution in [1.29, 1.82) is 0 Å². The molecule has 0 saturated carbocycles. The third-order valence-corrected chi connectivity index (χ3v) is 6.39.